The maximum absolute atomic E-state index is 13.3. The SMILES string of the molecule is COc1ccc(C(=O)O[C@@H](C)C(=O)Nc2ccc(F)c(F)c2)c2ccccc12. The number of methoxy groups -OCH3 is 1. The third-order valence-corrected chi connectivity index (χ3v) is 4.16. The Morgan fingerprint density at radius 1 is 0.964 bits per heavy atom. The van der Waals surface area contributed by atoms with Crippen molar-refractivity contribution < 1.29 is 27.8 Å². The lowest BCUT2D eigenvalue weighted by Gasteiger charge is -2.15. The largest absolute Gasteiger partial charge is 0.496 e. The van der Waals surface area contributed by atoms with Gasteiger partial charge in [0, 0.05) is 17.1 Å². The van der Waals surface area contributed by atoms with Crippen LogP contribution >= 0.6 is 0 Å². The Balaban J connectivity index is 1.76. The van der Waals surface area contributed by atoms with E-state index >= 15 is 0 Å². The van der Waals surface area contributed by atoms with Gasteiger partial charge in [-0.3, -0.25) is 4.79 Å². The summed E-state index contributed by atoms with van der Waals surface area (Å²) in [5, 5.41) is 3.74. The molecule has 0 unspecified atom stereocenters. The van der Waals surface area contributed by atoms with E-state index in [1.54, 1.807) is 24.3 Å². The van der Waals surface area contributed by atoms with Crippen molar-refractivity contribution in [3.8, 4) is 5.75 Å². The fourth-order valence-electron chi connectivity index (χ4n) is 2.72. The number of amides is 1. The summed E-state index contributed by atoms with van der Waals surface area (Å²) in [5.74, 6) is -2.86. The molecule has 0 saturated heterocycles. The molecule has 0 radical (unpaired) electrons. The number of esters is 1. The molecule has 0 aliphatic heterocycles. The normalized spacial score (nSPS) is 11.7. The number of fused-ring (bicyclic) bond motifs is 1. The molecule has 3 aromatic rings. The standard InChI is InChI=1S/C21H17F2NO4/c1-12(20(25)24-13-7-9-17(22)18(23)11-13)28-21(26)16-8-10-19(27-2)15-6-4-3-5-14(15)16/h3-12H,1-2H3,(H,24,25)/t12-/m0/s1. The Morgan fingerprint density at radius 3 is 2.36 bits per heavy atom. The molecule has 0 bridgehead atoms. The van der Waals surface area contributed by atoms with Gasteiger partial charge in [-0.05, 0) is 36.6 Å². The summed E-state index contributed by atoms with van der Waals surface area (Å²) in [5.41, 5.74) is 0.338. The van der Waals surface area contributed by atoms with Crippen molar-refractivity contribution in [2.45, 2.75) is 13.0 Å². The van der Waals surface area contributed by atoms with Crippen LogP contribution in [-0.4, -0.2) is 25.1 Å². The number of benzene rings is 3. The van der Waals surface area contributed by atoms with Crippen LogP contribution in [0.15, 0.2) is 54.6 Å². The fourth-order valence-corrected chi connectivity index (χ4v) is 2.72. The number of carbonyl (C=O) groups is 2. The fraction of sp³-hybridized carbons (Fsp3) is 0.143. The zero-order valence-electron chi connectivity index (χ0n) is 15.2. The predicted molar refractivity (Wildman–Crippen MR) is 100 cm³/mol. The molecule has 0 spiro atoms. The lowest BCUT2D eigenvalue weighted by molar-refractivity contribution is -0.123. The summed E-state index contributed by atoms with van der Waals surface area (Å²) in [6.07, 6.45) is -1.15. The van der Waals surface area contributed by atoms with Crippen LogP contribution < -0.4 is 10.1 Å². The van der Waals surface area contributed by atoms with Crippen LogP contribution in [0.2, 0.25) is 0 Å². The van der Waals surface area contributed by atoms with E-state index in [2.05, 4.69) is 5.32 Å². The van der Waals surface area contributed by atoms with Gasteiger partial charge >= 0.3 is 5.97 Å². The third-order valence-electron chi connectivity index (χ3n) is 4.16. The van der Waals surface area contributed by atoms with E-state index in [1.165, 1.54) is 20.1 Å². The highest BCUT2D eigenvalue weighted by Crippen LogP contribution is 2.29. The van der Waals surface area contributed by atoms with Gasteiger partial charge < -0.3 is 14.8 Å². The molecule has 0 aliphatic carbocycles. The van der Waals surface area contributed by atoms with Crippen molar-refractivity contribution in [3.05, 3.63) is 71.8 Å². The summed E-state index contributed by atoms with van der Waals surface area (Å²) in [6.45, 7) is 1.39. The van der Waals surface area contributed by atoms with Crippen LogP contribution in [0, 0.1) is 11.6 Å². The molecule has 0 saturated carbocycles. The first-order valence-corrected chi connectivity index (χ1v) is 8.43. The molecule has 144 valence electrons. The topological polar surface area (TPSA) is 64.6 Å². The smallest absolute Gasteiger partial charge is 0.339 e. The molecule has 5 nitrogen and oxygen atoms in total. The molecule has 3 aromatic carbocycles. The van der Waals surface area contributed by atoms with Crippen molar-refractivity contribution in [2.24, 2.45) is 0 Å². The van der Waals surface area contributed by atoms with Crippen LogP contribution in [-0.2, 0) is 9.53 Å². The Morgan fingerprint density at radius 2 is 1.68 bits per heavy atom. The van der Waals surface area contributed by atoms with Gasteiger partial charge in [-0.2, -0.15) is 0 Å². The van der Waals surface area contributed by atoms with Crippen molar-refractivity contribution in [1.29, 1.82) is 0 Å². The molecule has 0 fully saturated rings. The molecule has 1 N–H and O–H groups in total. The average Bonchev–Trinajstić information content (AvgIpc) is 2.69. The first-order chi connectivity index (χ1) is 13.4. The minimum atomic E-state index is -1.15. The van der Waals surface area contributed by atoms with E-state index in [4.69, 9.17) is 9.47 Å². The first kappa shape index (κ1) is 19.3. The Labute approximate surface area is 159 Å². The second kappa shape index (κ2) is 8.04. The number of carbonyl (C=O) groups excluding carboxylic acids is 2. The molecule has 0 heterocycles. The monoisotopic (exact) mass is 385 g/mol. The van der Waals surface area contributed by atoms with E-state index in [1.807, 2.05) is 12.1 Å². The molecule has 0 aliphatic rings. The number of rotatable bonds is 5. The van der Waals surface area contributed by atoms with Crippen molar-refractivity contribution in [2.75, 3.05) is 12.4 Å². The Hall–Kier alpha value is -3.48. The first-order valence-electron chi connectivity index (χ1n) is 8.43. The number of anilines is 1. The highest BCUT2D eigenvalue weighted by Gasteiger charge is 2.21. The molecule has 1 amide bonds. The molecule has 0 aromatic heterocycles. The highest BCUT2D eigenvalue weighted by atomic mass is 19.2. The predicted octanol–water partition coefficient (Wildman–Crippen LogP) is 4.31. The van der Waals surface area contributed by atoms with Gasteiger partial charge in [-0.1, -0.05) is 24.3 Å². The highest BCUT2D eigenvalue weighted by molar-refractivity contribution is 6.07. The van der Waals surface area contributed by atoms with Crippen molar-refractivity contribution in [1.82, 2.24) is 0 Å². The number of hydrogen-bond donors (Lipinski definition) is 1. The van der Waals surface area contributed by atoms with Crippen molar-refractivity contribution in [3.63, 3.8) is 0 Å². The zero-order chi connectivity index (χ0) is 20.3. The van der Waals surface area contributed by atoms with E-state index in [9.17, 15) is 18.4 Å². The van der Waals surface area contributed by atoms with Gasteiger partial charge in [0.25, 0.3) is 5.91 Å². The molecule has 28 heavy (non-hydrogen) atoms. The summed E-state index contributed by atoms with van der Waals surface area (Å²) >= 11 is 0. The van der Waals surface area contributed by atoms with Crippen LogP contribution in [0.5, 0.6) is 5.75 Å². The second-order valence-electron chi connectivity index (χ2n) is 6.03. The second-order valence-corrected chi connectivity index (χ2v) is 6.03. The lowest BCUT2D eigenvalue weighted by Crippen LogP contribution is -2.30. The maximum Gasteiger partial charge on any atom is 0.339 e. The van der Waals surface area contributed by atoms with Gasteiger partial charge in [0.15, 0.2) is 17.7 Å². The van der Waals surface area contributed by atoms with Gasteiger partial charge in [-0.25, -0.2) is 13.6 Å². The number of halogens is 2. The van der Waals surface area contributed by atoms with Gasteiger partial charge in [0.1, 0.15) is 5.75 Å². The Kier molecular flexibility index (Phi) is 5.54. The minimum Gasteiger partial charge on any atom is -0.496 e. The van der Waals surface area contributed by atoms with Crippen LogP contribution in [0.1, 0.15) is 17.3 Å². The summed E-state index contributed by atoms with van der Waals surface area (Å²) in [7, 11) is 1.53. The molecule has 3 rings (SSSR count). The van der Waals surface area contributed by atoms with Crippen LogP contribution in [0.4, 0.5) is 14.5 Å². The number of ether oxygens (including phenoxy) is 2. The van der Waals surface area contributed by atoms with Crippen LogP contribution in [0.3, 0.4) is 0 Å². The molecule has 7 heteroatoms. The van der Waals surface area contributed by atoms with E-state index in [0.717, 1.165) is 17.5 Å². The van der Waals surface area contributed by atoms with E-state index in [0.29, 0.717) is 11.1 Å². The summed E-state index contributed by atoms with van der Waals surface area (Å²) in [6, 6.07) is 13.3. The summed E-state index contributed by atoms with van der Waals surface area (Å²) in [4.78, 5) is 24.8. The van der Waals surface area contributed by atoms with Gasteiger partial charge in [0.05, 0.1) is 12.7 Å². The van der Waals surface area contributed by atoms with E-state index in [-0.39, 0.29) is 11.3 Å². The molecular weight excluding hydrogens is 368 g/mol. The van der Waals surface area contributed by atoms with Gasteiger partial charge in [0.2, 0.25) is 0 Å². The third kappa shape index (κ3) is 3.93. The zero-order valence-corrected chi connectivity index (χ0v) is 15.2. The lowest BCUT2D eigenvalue weighted by atomic mass is 10.0. The maximum atomic E-state index is 13.3. The number of nitrogens with one attached hydrogen (secondary N) is 1. The Bertz CT molecular complexity index is 1050. The van der Waals surface area contributed by atoms with E-state index < -0.39 is 29.6 Å². The number of hydrogen-bond acceptors (Lipinski definition) is 4. The summed E-state index contributed by atoms with van der Waals surface area (Å²) < 4.78 is 36.8. The van der Waals surface area contributed by atoms with Crippen molar-refractivity contribution >= 4 is 28.3 Å². The van der Waals surface area contributed by atoms with Crippen LogP contribution in [0.25, 0.3) is 10.8 Å². The molecule has 1 atom stereocenters. The average molecular weight is 385 g/mol. The van der Waals surface area contributed by atoms with Gasteiger partial charge in [-0.15, -0.1) is 0 Å². The molecular formula is C21H17F2NO4. The minimum absolute atomic E-state index is 0.0571. The quantitative estimate of drug-likeness (QED) is 0.665.